The van der Waals surface area contributed by atoms with Gasteiger partial charge in [0.15, 0.2) is 0 Å². The van der Waals surface area contributed by atoms with E-state index in [1.165, 1.54) is 0 Å². The highest BCUT2D eigenvalue weighted by molar-refractivity contribution is 5.70. The van der Waals surface area contributed by atoms with Gasteiger partial charge in [0, 0.05) is 0 Å². The zero-order valence-corrected chi connectivity index (χ0v) is 8.45. The molecule has 0 aromatic carbocycles. The van der Waals surface area contributed by atoms with E-state index in [2.05, 4.69) is 6.58 Å². The summed E-state index contributed by atoms with van der Waals surface area (Å²) in [6.07, 6.45) is 7.06. The van der Waals surface area contributed by atoms with Crippen molar-refractivity contribution < 1.29 is 14.6 Å². The molecule has 14 heavy (non-hydrogen) atoms. The van der Waals surface area contributed by atoms with Crippen molar-refractivity contribution in [2.75, 3.05) is 6.61 Å². The Morgan fingerprint density at radius 2 is 2.07 bits per heavy atom. The van der Waals surface area contributed by atoms with Crippen LogP contribution in [0.3, 0.4) is 0 Å². The maximum Gasteiger partial charge on any atom is 0.332 e. The SMILES string of the molecule is C=CCC1CCC(OC(=O)CO)CC1. The number of aliphatic hydroxyl groups excluding tert-OH is 1. The Hall–Kier alpha value is -0.830. The molecule has 0 aromatic heterocycles. The van der Waals surface area contributed by atoms with Crippen LogP contribution in [0.2, 0.25) is 0 Å². The lowest BCUT2D eigenvalue weighted by molar-refractivity contribution is -0.154. The summed E-state index contributed by atoms with van der Waals surface area (Å²) in [6, 6.07) is 0. The van der Waals surface area contributed by atoms with E-state index in [1.807, 2.05) is 6.08 Å². The lowest BCUT2D eigenvalue weighted by atomic mass is 9.85. The average Bonchev–Trinajstić information content (AvgIpc) is 2.21. The maximum atomic E-state index is 10.8. The number of hydrogen-bond acceptors (Lipinski definition) is 3. The number of esters is 1. The largest absolute Gasteiger partial charge is 0.461 e. The van der Waals surface area contributed by atoms with Crippen molar-refractivity contribution in [1.29, 1.82) is 0 Å². The molecule has 0 saturated heterocycles. The summed E-state index contributed by atoms with van der Waals surface area (Å²) < 4.78 is 5.05. The predicted octanol–water partition coefficient (Wildman–Crippen LogP) is 1.66. The Labute approximate surface area is 84.8 Å². The van der Waals surface area contributed by atoms with Crippen LogP contribution in [0, 0.1) is 5.92 Å². The summed E-state index contributed by atoms with van der Waals surface area (Å²) >= 11 is 0. The number of ether oxygens (including phenoxy) is 1. The maximum absolute atomic E-state index is 10.8. The van der Waals surface area contributed by atoms with Gasteiger partial charge in [0.25, 0.3) is 0 Å². The van der Waals surface area contributed by atoms with Gasteiger partial charge in [-0.05, 0) is 38.0 Å². The number of allylic oxidation sites excluding steroid dienone is 1. The number of carbonyl (C=O) groups excluding carboxylic acids is 1. The summed E-state index contributed by atoms with van der Waals surface area (Å²) in [5.74, 6) is 0.203. The first kappa shape index (κ1) is 11.2. The van der Waals surface area contributed by atoms with Crippen molar-refractivity contribution in [2.45, 2.75) is 38.2 Å². The first-order chi connectivity index (χ1) is 6.76. The molecule has 0 heterocycles. The molecule has 0 aromatic rings. The van der Waals surface area contributed by atoms with Crippen molar-refractivity contribution in [3.05, 3.63) is 12.7 Å². The fraction of sp³-hybridized carbons (Fsp3) is 0.727. The number of aliphatic hydroxyl groups is 1. The Kier molecular flexibility index (Phi) is 4.66. The van der Waals surface area contributed by atoms with E-state index >= 15 is 0 Å². The Morgan fingerprint density at radius 1 is 1.43 bits per heavy atom. The van der Waals surface area contributed by atoms with Crippen LogP contribution in [0.5, 0.6) is 0 Å². The third kappa shape index (κ3) is 3.50. The first-order valence-corrected chi connectivity index (χ1v) is 5.17. The molecule has 0 bridgehead atoms. The number of hydrogen-bond donors (Lipinski definition) is 1. The molecule has 3 heteroatoms. The second-order valence-electron chi connectivity index (χ2n) is 3.82. The van der Waals surface area contributed by atoms with Gasteiger partial charge in [-0.3, -0.25) is 0 Å². The summed E-state index contributed by atoms with van der Waals surface area (Å²) in [7, 11) is 0. The fourth-order valence-electron chi connectivity index (χ4n) is 1.94. The minimum Gasteiger partial charge on any atom is -0.461 e. The van der Waals surface area contributed by atoms with Crippen molar-refractivity contribution in [3.63, 3.8) is 0 Å². The van der Waals surface area contributed by atoms with Crippen LogP contribution in [-0.4, -0.2) is 23.8 Å². The topological polar surface area (TPSA) is 46.5 Å². The molecule has 1 rings (SSSR count). The Balaban J connectivity index is 2.21. The smallest absolute Gasteiger partial charge is 0.332 e. The monoisotopic (exact) mass is 198 g/mol. The molecule has 1 N–H and O–H groups in total. The molecule has 0 radical (unpaired) electrons. The van der Waals surface area contributed by atoms with Crippen LogP contribution in [0.25, 0.3) is 0 Å². The summed E-state index contributed by atoms with van der Waals surface area (Å²) in [5.41, 5.74) is 0. The molecule has 0 aliphatic heterocycles. The highest BCUT2D eigenvalue weighted by Gasteiger charge is 2.22. The standard InChI is InChI=1S/C11H18O3/c1-2-3-9-4-6-10(7-5-9)14-11(13)8-12/h2,9-10,12H,1,3-8H2. The third-order valence-corrected chi connectivity index (χ3v) is 2.72. The van der Waals surface area contributed by atoms with Crippen molar-refractivity contribution in [1.82, 2.24) is 0 Å². The van der Waals surface area contributed by atoms with Crippen LogP contribution in [0.15, 0.2) is 12.7 Å². The van der Waals surface area contributed by atoms with Gasteiger partial charge < -0.3 is 9.84 Å². The van der Waals surface area contributed by atoms with Gasteiger partial charge in [0.1, 0.15) is 12.7 Å². The molecule has 0 atom stereocenters. The minimum absolute atomic E-state index is 0.0238. The molecule has 3 nitrogen and oxygen atoms in total. The van der Waals surface area contributed by atoms with Crippen LogP contribution in [-0.2, 0) is 9.53 Å². The lowest BCUT2D eigenvalue weighted by Gasteiger charge is -2.27. The fourth-order valence-corrected chi connectivity index (χ4v) is 1.94. The highest BCUT2D eigenvalue weighted by atomic mass is 16.6. The number of carbonyl (C=O) groups is 1. The van der Waals surface area contributed by atoms with Gasteiger partial charge in [0.2, 0.25) is 0 Å². The van der Waals surface area contributed by atoms with Crippen LogP contribution in [0.1, 0.15) is 32.1 Å². The molecule has 1 aliphatic carbocycles. The summed E-state index contributed by atoms with van der Waals surface area (Å²) in [4.78, 5) is 10.8. The minimum atomic E-state index is -0.507. The molecule has 0 unspecified atom stereocenters. The first-order valence-electron chi connectivity index (χ1n) is 5.17. The normalized spacial score (nSPS) is 26.9. The average molecular weight is 198 g/mol. The van der Waals surface area contributed by atoms with E-state index < -0.39 is 12.6 Å². The van der Waals surface area contributed by atoms with Gasteiger partial charge in [-0.15, -0.1) is 6.58 Å². The van der Waals surface area contributed by atoms with Gasteiger partial charge in [-0.1, -0.05) is 6.08 Å². The second-order valence-corrected chi connectivity index (χ2v) is 3.82. The van der Waals surface area contributed by atoms with Gasteiger partial charge in [-0.2, -0.15) is 0 Å². The molecule has 0 spiro atoms. The zero-order chi connectivity index (χ0) is 10.4. The van der Waals surface area contributed by atoms with E-state index in [0.717, 1.165) is 32.1 Å². The molecule has 1 aliphatic rings. The molecular formula is C11H18O3. The van der Waals surface area contributed by atoms with Crippen molar-refractivity contribution in [2.24, 2.45) is 5.92 Å². The van der Waals surface area contributed by atoms with Gasteiger partial charge in [-0.25, -0.2) is 4.79 Å². The van der Waals surface area contributed by atoms with Crippen LogP contribution >= 0.6 is 0 Å². The lowest BCUT2D eigenvalue weighted by Crippen LogP contribution is -2.25. The molecular weight excluding hydrogens is 180 g/mol. The molecule has 1 saturated carbocycles. The second kappa shape index (κ2) is 5.81. The molecule has 0 amide bonds. The Bertz CT molecular complexity index is 193. The third-order valence-electron chi connectivity index (χ3n) is 2.72. The summed E-state index contributed by atoms with van der Waals surface area (Å²) in [6.45, 7) is 3.21. The van der Waals surface area contributed by atoms with Gasteiger partial charge in [0.05, 0.1) is 0 Å². The quantitative estimate of drug-likeness (QED) is 0.552. The van der Waals surface area contributed by atoms with Crippen LogP contribution in [0.4, 0.5) is 0 Å². The Morgan fingerprint density at radius 3 is 2.57 bits per heavy atom. The molecule has 80 valence electrons. The highest BCUT2D eigenvalue weighted by Crippen LogP contribution is 2.28. The van der Waals surface area contributed by atoms with E-state index in [4.69, 9.17) is 9.84 Å². The zero-order valence-electron chi connectivity index (χ0n) is 8.45. The van der Waals surface area contributed by atoms with Crippen LogP contribution < -0.4 is 0 Å². The van der Waals surface area contributed by atoms with E-state index in [1.54, 1.807) is 0 Å². The van der Waals surface area contributed by atoms with Gasteiger partial charge >= 0.3 is 5.97 Å². The molecule has 1 fully saturated rings. The van der Waals surface area contributed by atoms with E-state index in [9.17, 15) is 4.79 Å². The van der Waals surface area contributed by atoms with E-state index in [0.29, 0.717) is 5.92 Å². The van der Waals surface area contributed by atoms with E-state index in [-0.39, 0.29) is 6.10 Å². The van der Waals surface area contributed by atoms with Crippen molar-refractivity contribution in [3.8, 4) is 0 Å². The summed E-state index contributed by atoms with van der Waals surface area (Å²) in [5, 5.41) is 8.51. The number of rotatable bonds is 4. The predicted molar refractivity (Wildman–Crippen MR) is 53.7 cm³/mol. The van der Waals surface area contributed by atoms with Crippen molar-refractivity contribution >= 4 is 5.97 Å².